The van der Waals surface area contributed by atoms with Gasteiger partial charge in [-0.05, 0) is 22.4 Å². The second kappa shape index (κ2) is 3.62. The van der Waals surface area contributed by atoms with Gasteiger partial charge >= 0.3 is 0 Å². The Balaban J connectivity index is 2.52. The lowest BCUT2D eigenvalue weighted by Gasteiger charge is -1.92. The Labute approximate surface area is 82.9 Å². The molecule has 0 fully saturated rings. The number of hydrogen-bond acceptors (Lipinski definition) is 3. The molecule has 0 aromatic carbocycles. The van der Waals surface area contributed by atoms with Crippen molar-refractivity contribution in [3.63, 3.8) is 0 Å². The Kier molecular flexibility index (Phi) is 2.31. The molecule has 13 heavy (non-hydrogen) atoms. The van der Waals surface area contributed by atoms with Crippen LogP contribution in [0.2, 0.25) is 0 Å². The molecular weight excluding hydrogens is 202 g/mol. The maximum absolute atomic E-state index is 8.33. The zero-order chi connectivity index (χ0) is 9.10. The Morgan fingerprint density at radius 1 is 1.38 bits per heavy atom. The summed E-state index contributed by atoms with van der Waals surface area (Å²) in [7, 11) is 0. The summed E-state index contributed by atoms with van der Waals surface area (Å²) < 4.78 is 0. The molecule has 0 aliphatic rings. The standard InChI is InChI=1S/C8H5N3S2/c9-11-10-7-5-12-4-6(7)8-2-1-3-13-8/h1-5H. The molecule has 2 rings (SSSR count). The quantitative estimate of drug-likeness (QED) is 0.397. The van der Waals surface area contributed by atoms with Gasteiger partial charge in [0, 0.05) is 20.7 Å². The second-order valence-corrected chi connectivity index (χ2v) is 4.03. The smallest absolute Gasteiger partial charge is 0.0568 e. The topological polar surface area (TPSA) is 48.8 Å². The number of azide groups is 1. The van der Waals surface area contributed by atoms with E-state index < -0.39 is 0 Å². The average Bonchev–Trinajstić information content (AvgIpc) is 2.71. The van der Waals surface area contributed by atoms with Gasteiger partial charge in [0.25, 0.3) is 0 Å². The van der Waals surface area contributed by atoms with Gasteiger partial charge in [-0.25, -0.2) is 0 Å². The van der Waals surface area contributed by atoms with Crippen LogP contribution in [0.4, 0.5) is 5.69 Å². The zero-order valence-electron chi connectivity index (χ0n) is 6.54. The molecule has 0 atom stereocenters. The summed E-state index contributed by atoms with van der Waals surface area (Å²) in [4.78, 5) is 3.93. The average molecular weight is 207 g/mol. The van der Waals surface area contributed by atoms with Crippen molar-refractivity contribution in [2.75, 3.05) is 0 Å². The first-order chi connectivity index (χ1) is 6.42. The van der Waals surface area contributed by atoms with Crippen LogP contribution >= 0.6 is 22.7 Å². The van der Waals surface area contributed by atoms with E-state index in [9.17, 15) is 0 Å². The molecule has 0 N–H and O–H groups in total. The fraction of sp³-hybridized carbons (Fsp3) is 0. The predicted molar refractivity (Wildman–Crippen MR) is 56.4 cm³/mol. The van der Waals surface area contributed by atoms with Crippen molar-refractivity contribution in [2.45, 2.75) is 0 Å². The van der Waals surface area contributed by atoms with E-state index in [2.05, 4.69) is 10.0 Å². The first-order valence-corrected chi connectivity index (χ1v) is 5.39. The van der Waals surface area contributed by atoms with Gasteiger partial charge < -0.3 is 0 Å². The van der Waals surface area contributed by atoms with Gasteiger partial charge in [0.1, 0.15) is 0 Å². The molecule has 2 aromatic rings. The van der Waals surface area contributed by atoms with Crippen LogP contribution in [0, 0.1) is 0 Å². The van der Waals surface area contributed by atoms with Crippen LogP contribution in [-0.2, 0) is 0 Å². The predicted octanol–water partition coefficient (Wildman–Crippen LogP) is 4.42. The SMILES string of the molecule is [N-]=[N+]=Nc1cscc1-c1cccs1. The molecule has 0 aliphatic carbocycles. The monoisotopic (exact) mass is 207 g/mol. The lowest BCUT2D eigenvalue weighted by atomic mass is 10.2. The van der Waals surface area contributed by atoms with Gasteiger partial charge in [0.05, 0.1) is 5.69 Å². The Hall–Kier alpha value is -1.29. The summed E-state index contributed by atoms with van der Waals surface area (Å²) in [5.74, 6) is 0. The van der Waals surface area contributed by atoms with E-state index in [1.54, 1.807) is 22.7 Å². The molecule has 0 saturated carbocycles. The molecule has 0 bridgehead atoms. The van der Waals surface area contributed by atoms with Crippen molar-refractivity contribution in [1.29, 1.82) is 0 Å². The lowest BCUT2D eigenvalue weighted by Crippen LogP contribution is -1.63. The lowest BCUT2D eigenvalue weighted by molar-refractivity contribution is 1.53. The van der Waals surface area contributed by atoms with E-state index in [0.29, 0.717) is 0 Å². The van der Waals surface area contributed by atoms with Crippen molar-refractivity contribution in [3.05, 3.63) is 38.7 Å². The highest BCUT2D eigenvalue weighted by Crippen LogP contribution is 2.36. The number of rotatable bonds is 2. The highest BCUT2D eigenvalue weighted by Gasteiger charge is 2.04. The molecule has 0 spiro atoms. The van der Waals surface area contributed by atoms with Crippen LogP contribution in [-0.4, -0.2) is 0 Å². The first kappa shape index (κ1) is 8.31. The Bertz CT molecular complexity index is 438. The molecule has 64 valence electrons. The largest absolute Gasteiger partial charge is 0.151 e. The molecule has 0 radical (unpaired) electrons. The Morgan fingerprint density at radius 3 is 3.00 bits per heavy atom. The summed E-state index contributed by atoms with van der Waals surface area (Å²) in [6, 6.07) is 4.00. The van der Waals surface area contributed by atoms with Crippen molar-refractivity contribution in [3.8, 4) is 10.4 Å². The zero-order valence-corrected chi connectivity index (χ0v) is 8.18. The minimum absolute atomic E-state index is 0.718. The Morgan fingerprint density at radius 2 is 2.31 bits per heavy atom. The maximum Gasteiger partial charge on any atom is 0.0568 e. The fourth-order valence-corrected chi connectivity index (χ4v) is 2.61. The highest BCUT2D eigenvalue weighted by molar-refractivity contribution is 7.14. The van der Waals surface area contributed by atoms with Crippen LogP contribution in [0.1, 0.15) is 0 Å². The van der Waals surface area contributed by atoms with Crippen molar-refractivity contribution >= 4 is 28.4 Å². The van der Waals surface area contributed by atoms with Gasteiger partial charge in [-0.3, -0.25) is 0 Å². The van der Waals surface area contributed by atoms with E-state index in [0.717, 1.165) is 16.1 Å². The van der Waals surface area contributed by atoms with Crippen LogP contribution in [0.15, 0.2) is 33.4 Å². The molecule has 3 nitrogen and oxygen atoms in total. The molecule has 0 amide bonds. The summed E-state index contributed by atoms with van der Waals surface area (Å²) in [5, 5.41) is 9.48. The van der Waals surface area contributed by atoms with Crippen LogP contribution in [0.3, 0.4) is 0 Å². The van der Waals surface area contributed by atoms with Gasteiger partial charge in [0.2, 0.25) is 0 Å². The van der Waals surface area contributed by atoms with Crippen molar-refractivity contribution in [1.82, 2.24) is 0 Å². The van der Waals surface area contributed by atoms with Crippen LogP contribution in [0.5, 0.6) is 0 Å². The normalized spacial score (nSPS) is 9.54. The number of hydrogen-bond donors (Lipinski definition) is 0. The van der Waals surface area contributed by atoms with E-state index in [4.69, 9.17) is 5.53 Å². The highest BCUT2D eigenvalue weighted by atomic mass is 32.1. The molecule has 2 aromatic heterocycles. The fourth-order valence-electron chi connectivity index (χ4n) is 1.03. The van der Waals surface area contributed by atoms with Crippen LogP contribution in [0.25, 0.3) is 20.9 Å². The molecule has 0 saturated heterocycles. The summed E-state index contributed by atoms with van der Waals surface area (Å²) in [6.07, 6.45) is 0. The summed E-state index contributed by atoms with van der Waals surface area (Å²) >= 11 is 3.19. The van der Waals surface area contributed by atoms with E-state index in [-0.39, 0.29) is 0 Å². The third-order valence-corrected chi connectivity index (χ3v) is 3.21. The molecular formula is C8H5N3S2. The molecule has 0 aliphatic heterocycles. The van der Waals surface area contributed by atoms with Gasteiger partial charge in [-0.2, -0.15) is 11.3 Å². The minimum Gasteiger partial charge on any atom is -0.151 e. The van der Waals surface area contributed by atoms with E-state index in [1.165, 1.54) is 0 Å². The summed E-state index contributed by atoms with van der Waals surface area (Å²) in [5.41, 5.74) is 10.1. The van der Waals surface area contributed by atoms with Crippen molar-refractivity contribution < 1.29 is 0 Å². The molecule has 2 heterocycles. The van der Waals surface area contributed by atoms with Gasteiger partial charge in [-0.15, -0.1) is 11.3 Å². The third-order valence-electron chi connectivity index (χ3n) is 1.58. The number of thiophene rings is 2. The molecule has 0 unspecified atom stereocenters. The van der Waals surface area contributed by atoms with Crippen molar-refractivity contribution in [2.24, 2.45) is 5.11 Å². The van der Waals surface area contributed by atoms with E-state index in [1.807, 2.05) is 28.3 Å². The van der Waals surface area contributed by atoms with Gasteiger partial charge in [0.15, 0.2) is 0 Å². The van der Waals surface area contributed by atoms with Gasteiger partial charge in [-0.1, -0.05) is 11.2 Å². The molecule has 5 heteroatoms. The van der Waals surface area contributed by atoms with E-state index >= 15 is 0 Å². The maximum atomic E-state index is 8.33. The third kappa shape index (κ3) is 1.58. The number of nitrogens with zero attached hydrogens (tertiary/aromatic N) is 3. The minimum atomic E-state index is 0.718. The first-order valence-electron chi connectivity index (χ1n) is 3.57. The van der Waals surface area contributed by atoms with Crippen LogP contribution < -0.4 is 0 Å². The second-order valence-electron chi connectivity index (χ2n) is 2.34. The summed E-state index contributed by atoms with van der Waals surface area (Å²) in [6.45, 7) is 0.